The average molecular weight is 505 g/mol. The van der Waals surface area contributed by atoms with Gasteiger partial charge in [0.25, 0.3) is 5.91 Å². The average Bonchev–Trinajstić information content (AvgIpc) is 2.80. The number of benzene rings is 2. The quantitative estimate of drug-likeness (QED) is 0.503. The number of hydrogen-bond acceptors (Lipinski definition) is 4. The minimum absolute atomic E-state index is 0.000890. The van der Waals surface area contributed by atoms with Gasteiger partial charge in [-0.1, -0.05) is 37.6 Å². The van der Waals surface area contributed by atoms with Gasteiger partial charge in [0.2, 0.25) is 5.91 Å². The molecule has 3 rings (SSSR count). The Balaban J connectivity index is 1.90. The van der Waals surface area contributed by atoms with Crippen molar-refractivity contribution in [2.45, 2.75) is 43.3 Å². The molecule has 184 valence electrons. The van der Waals surface area contributed by atoms with E-state index in [0.29, 0.717) is 48.0 Å². The summed E-state index contributed by atoms with van der Waals surface area (Å²) in [5.74, 6) is -0.760. The largest absolute Gasteiger partial charge is 0.383 e. The predicted octanol–water partition coefficient (Wildman–Crippen LogP) is 3.85. The van der Waals surface area contributed by atoms with Crippen molar-refractivity contribution in [1.29, 1.82) is 0 Å². The lowest BCUT2D eigenvalue weighted by Gasteiger charge is -2.29. The SMILES string of the molecule is COCCN1CCc2cc(CC([C@H](CC(C)C)C(N)=O)S(=O)c3ccc(Cl)cc3)ccc2C1=O. The molecule has 2 unspecified atom stereocenters. The molecule has 0 aromatic heterocycles. The number of carbonyl (C=O) groups is 2. The summed E-state index contributed by atoms with van der Waals surface area (Å²) in [4.78, 5) is 27.7. The van der Waals surface area contributed by atoms with Crippen molar-refractivity contribution in [3.8, 4) is 0 Å². The second-order valence-electron chi connectivity index (χ2n) is 9.16. The molecule has 2 aromatic rings. The van der Waals surface area contributed by atoms with Crippen molar-refractivity contribution < 1.29 is 18.5 Å². The van der Waals surface area contributed by atoms with E-state index in [1.54, 1.807) is 36.3 Å². The first-order valence-electron chi connectivity index (χ1n) is 11.6. The number of rotatable bonds is 11. The molecular formula is C26H33ClN2O4S. The van der Waals surface area contributed by atoms with E-state index in [2.05, 4.69) is 0 Å². The predicted molar refractivity (Wildman–Crippen MR) is 135 cm³/mol. The second kappa shape index (κ2) is 12.0. The van der Waals surface area contributed by atoms with Crippen LogP contribution in [0.3, 0.4) is 0 Å². The molecule has 0 bridgehead atoms. The Kier molecular flexibility index (Phi) is 9.28. The van der Waals surface area contributed by atoms with E-state index in [1.165, 1.54) is 0 Å². The van der Waals surface area contributed by atoms with E-state index in [0.717, 1.165) is 17.5 Å². The lowest BCUT2D eigenvalue weighted by atomic mass is 9.88. The van der Waals surface area contributed by atoms with Crippen LogP contribution in [0.2, 0.25) is 5.02 Å². The van der Waals surface area contributed by atoms with Crippen molar-refractivity contribution in [3.05, 3.63) is 64.2 Å². The third kappa shape index (κ3) is 6.46. The van der Waals surface area contributed by atoms with Crippen molar-refractivity contribution in [2.24, 2.45) is 17.6 Å². The topological polar surface area (TPSA) is 89.7 Å². The number of primary amides is 1. The van der Waals surface area contributed by atoms with Crippen LogP contribution in [0.15, 0.2) is 47.4 Å². The van der Waals surface area contributed by atoms with Crippen LogP contribution in [0, 0.1) is 11.8 Å². The van der Waals surface area contributed by atoms with E-state index >= 15 is 0 Å². The molecule has 2 amide bonds. The van der Waals surface area contributed by atoms with Gasteiger partial charge in [-0.25, -0.2) is 0 Å². The van der Waals surface area contributed by atoms with Crippen LogP contribution in [0.4, 0.5) is 0 Å². The van der Waals surface area contributed by atoms with E-state index in [9.17, 15) is 13.8 Å². The van der Waals surface area contributed by atoms with E-state index in [4.69, 9.17) is 22.1 Å². The van der Waals surface area contributed by atoms with E-state index in [-0.39, 0.29) is 11.8 Å². The summed E-state index contributed by atoms with van der Waals surface area (Å²) in [6, 6.07) is 12.6. The fourth-order valence-electron chi connectivity index (χ4n) is 4.43. The molecule has 1 aliphatic heterocycles. The summed E-state index contributed by atoms with van der Waals surface area (Å²) in [5.41, 5.74) is 8.42. The minimum Gasteiger partial charge on any atom is -0.383 e. The van der Waals surface area contributed by atoms with Crippen LogP contribution in [-0.4, -0.2) is 53.0 Å². The summed E-state index contributed by atoms with van der Waals surface area (Å²) < 4.78 is 18.8. The van der Waals surface area contributed by atoms with E-state index in [1.807, 2.05) is 32.0 Å². The first kappa shape index (κ1) is 26.4. The van der Waals surface area contributed by atoms with Crippen LogP contribution in [0.25, 0.3) is 0 Å². The number of fused-ring (bicyclic) bond motifs is 1. The fraction of sp³-hybridized carbons (Fsp3) is 0.462. The Morgan fingerprint density at radius 1 is 1.21 bits per heavy atom. The molecule has 8 heteroatoms. The highest BCUT2D eigenvalue weighted by atomic mass is 35.5. The molecule has 1 aliphatic rings. The molecular weight excluding hydrogens is 472 g/mol. The molecule has 0 fully saturated rings. The summed E-state index contributed by atoms with van der Waals surface area (Å²) >= 11 is 6.01. The molecule has 2 aromatic carbocycles. The zero-order valence-corrected chi connectivity index (χ0v) is 21.5. The first-order chi connectivity index (χ1) is 16.2. The van der Waals surface area contributed by atoms with Crippen molar-refractivity contribution in [2.75, 3.05) is 26.8 Å². The Morgan fingerprint density at radius 3 is 2.53 bits per heavy atom. The monoisotopic (exact) mass is 504 g/mol. The van der Waals surface area contributed by atoms with Gasteiger partial charge in [-0.15, -0.1) is 0 Å². The Bertz CT molecular complexity index is 1040. The number of halogens is 1. The zero-order valence-electron chi connectivity index (χ0n) is 20.0. The number of hydrogen-bond donors (Lipinski definition) is 1. The molecule has 0 spiro atoms. The Labute approximate surface area is 209 Å². The molecule has 3 atom stereocenters. The molecule has 0 radical (unpaired) electrons. The number of methoxy groups -OCH3 is 1. The molecule has 0 saturated heterocycles. The number of nitrogens with two attached hydrogens (primary N) is 1. The minimum atomic E-state index is -1.46. The number of carbonyl (C=O) groups excluding carboxylic acids is 2. The van der Waals surface area contributed by atoms with Gasteiger partial charge in [-0.2, -0.15) is 0 Å². The number of nitrogens with zero attached hydrogens (tertiary/aromatic N) is 1. The summed E-state index contributed by atoms with van der Waals surface area (Å²) in [6.45, 7) is 5.75. The van der Waals surface area contributed by atoms with Gasteiger partial charge < -0.3 is 15.4 Å². The third-order valence-electron chi connectivity index (χ3n) is 6.20. The fourth-order valence-corrected chi connectivity index (χ4v) is 6.20. The maximum Gasteiger partial charge on any atom is 0.254 e. The van der Waals surface area contributed by atoms with Gasteiger partial charge in [0.15, 0.2) is 0 Å². The maximum atomic E-state index is 13.7. The van der Waals surface area contributed by atoms with Crippen LogP contribution in [-0.2, 0) is 33.2 Å². The van der Waals surface area contributed by atoms with Crippen molar-refractivity contribution >= 4 is 34.2 Å². The maximum absolute atomic E-state index is 13.7. The van der Waals surface area contributed by atoms with Crippen LogP contribution >= 0.6 is 11.6 Å². The van der Waals surface area contributed by atoms with Gasteiger partial charge in [-0.3, -0.25) is 13.8 Å². The summed E-state index contributed by atoms with van der Waals surface area (Å²) in [7, 11) is 0.159. The Hall–Kier alpha value is -2.22. The van der Waals surface area contributed by atoms with Gasteiger partial charge in [-0.05, 0) is 66.6 Å². The lowest BCUT2D eigenvalue weighted by Crippen LogP contribution is -2.40. The van der Waals surface area contributed by atoms with Crippen LogP contribution in [0.1, 0.15) is 41.8 Å². The highest BCUT2D eigenvalue weighted by molar-refractivity contribution is 7.85. The number of ether oxygens (including phenoxy) is 1. The third-order valence-corrected chi connectivity index (χ3v) is 8.23. The standard InChI is InChI=1S/C26H33ClN2O4S/c1-17(2)14-23(25(28)30)24(34(32)21-7-5-20(27)6-8-21)16-18-4-9-22-19(15-18)10-11-29(26(22)31)12-13-33-3/h4-9,15,17,23-24H,10-14,16H2,1-3H3,(H2,28,30)/t23-,24?,34?/m0/s1. The summed E-state index contributed by atoms with van der Waals surface area (Å²) in [6.07, 6.45) is 1.72. The second-order valence-corrected chi connectivity index (χ2v) is 11.3. The molecule has 2 N–H and O–H groups in total. The lowest BCUT2D eigenvalue weighted by molar-refractivity contribution is -0.122. The van der Waals surface area contributed by atoms with Gasteiger partial charge in [0.1, 0.15) is 0 Å². The Morgan fingerprint density at radius 2 is 1.91 bits per heavy atom. The normalized spacial score (nSPS) is 16.3. The first-order valence-corrected chi connectivity index (χ1v) is 13.2. The molecule has 34 heavy (non-hydrogen) atoms. The van der Waals surface area contributed by atoms with Crippen LogP contribution in [0.5, 0.6) is 0 Å². The highest BCUT2D eigenvalue weighted by Crippen LogP contribution is 2.29. The van der Waals surface area contributed by atoms with Crippen molar-refractivity contribution in [3.63, 3.8) is 0 Å². The molecule has 6 nitrogen and oxygen atoms in total. The zero-order chi connectivity index (χ0) is 24.8. The van der Waals surface area contributed by atoms with Gasteiger partial charge in [0.05, 0.1) is 28.6 Å². The molecule has 0 saturated carbocycles. The smallest absolute Gasteiger partial charge is 0.254 e. The van der Waals surface area contributed by atoms with Crippen molar-refractivity contribution in [1.82, 2.24) is 4.90 Å². The molecule has 1 heterocycles. The molecule has 0 aliphatic carbocycles. The van der Waals surface area contributed by atoms with Gasteiger partial charge in [0, 0.05) is 35.7 Å². The van der Waals surface area contributed by atoms with Gasteiger partial charge >= 0.3 is 0 Å². The van der Waals surface area contributed by atoms with Crippen LogP contribution < -0.4 is 5.73 Å². The number of amides is 2. The summed E-state index contributed by atoms with van der Waals surface area (Å²) in [5, 5.41) is 0.0708. The highest BCUT2D eigenvalue weighted by Gasteiger charge is 2.33. The van der Waals surface area contributed by atoms with E-state index < -0.39 is 27.9 Å².